The van der Waals surface area contributed by atoms with E-state index in [9.17, 15) is 9.90 Å². The molecule has 7 heteroatoms. The number of nitrogens with one attached hydrogen (secondary N) is 1. The molecule has 1 aromatic carbocycles. The van der Waals surface area contributed by atoms with Gasteiger partial charge in [0.25, 0.3) is 0 Å². The van der Waals surface area contributed by atoms with E-state index < -0.39 is 0 Å². The molecule has 2 N–H and O–H groups in total. The third-order valence-corrected chi connectivity index (χ3v) is 4.26. The third-order valence-electron chi connectivity index (χ3n) is 3.11. The van der Waals surface area contributed by atoms with E-state index in [1.54, 1.807) is 0 Å². The molecular formula is C13H16Br2N2O3. The zero-order valence-electron chi connectivity index (χ0n) is 10.8. The Hall–Kier alpha value is -0.470. The van der Waals surface area contributed by atoms with Gasteiger partial charge in [-0.05, 0) is 34.1 Å². The SMILES string of the molecule is O=C(CN1CCOCC1CO)Nc1ccc(Br)cc1Br. The maximum atomic E-state index is 12.1. The van der Waals surface area contributed by atoms with Gasteiger partial charge in [0, 0.05) is 15.5 Å². The van der Waals surface area contributed by atoms with Crippen LogP contribution in [0.4, 0.5) is 5.69 Å². The van der Waals surface area contributed by atoms with Gasteiger partial charge < -0.3 is 15.2 Å². The van der Waals surface area contributed by atoms with E-state index >= 15 is 0 Å². The van der Waals surface area contributed by atoms with Crippen molar-refractivity contribution in [3.8, 4) is 0 Å². The van der Waals surface area contributed by atoms with Crippen LogP contribution in [-0.4, -0.2) is 54.9 Å². The van der Waals surface area contributed by atoms with E-state index in [4.69, 9.17) is 4.74 Å². The number of aliphatic hydroxyl groups is 1. The molecule has 5 nitrogen and oxygen atoms in total. The third kappa shape index (κ3) is 4.26. The molecule has 110 valence electrons. The Morgan fingerprint density at radius 2 is 2.30 bits per heavy atom. The Labute approximate surface area is 134 Å². The van der Waals surface area contributed by atoms with Crippen LogP contribution in [0.5, 0.6) is 0 Å². The van der Waals surface area contributed by atoms with Gasteiger partial charge in [-0.1, -0.05) is 15.9 Å². The van der Waals surface area contributed by atoms with Crippen molar-refractivity contribution in [3.05, 3.63) is 27.1 Å². The smallest absolute Gasteiger partial charge is 0.238 e. The Balaban J connectivity index is 1.94. The minimum atomic E-state index is -0.108. The van der Waals surface area contributed by atoms with Gasteiger partial charge in [-0.2, -0.15) is 0 Å². The van der Waals surface area contributed by atoms with Crippen molar-refractivity contribution in [2.75, 3.05) is 38.2 Å². The molecule has 0 saturated carbocycles. The Kier molecular flexibility index (Phi) is 5.98. The second-order valence-electron chi connectivity index (χ2n) is 4.55. The number of carbonyl (C=O) groups excluding carboxylic acids is 1. The summed E-state index contributed by atoms with van der Waals surface area (Å²) in [6.07, 6.45) is 0. The minimum absolute atomic E-state index is 0.00470. The average molecular weight is 408 g/mol. The maximum absolute atomic E-state index is 12.1. The number of nitrogens with zero attached hydrogens (tertiary/aromatic N) is 1. The van der Waals surface area contributed by atoms with Crippen LogP contribution in [0.2, 0.25) is 0 Å². The summed E-state index contributed by atoms with van der Waals surface area (Å²) in [5.74, 6) is -0.103. The lowest BCUT2D eigenvalue weighted by Gasteiger charge is -2.33. The summed E-state index contributed by atoms with van der Waals surface area (Å²) in [7, 11) is 0. The Morgan fingerprint density at radius 3 is 3.00 bits per heavy atom. The molecule has 0 aromatic heterocycles. The van der Waals surface area contributed by atoms with Gasteiger partial charge in [0.1, 0.15) is 0 Å². The number of hydrogen-bond acceptors (Lipinski definition) is 4. The van der Waals surface area contributed by atoms with Gasteiger partial charge in [0.2, 0.25) is 5.91 Å². The minimum Gasteiger partial charge on any atom is -0.395 e. The largest absolute Gasteiger partial charge is 0.395 e. The lowest BCUT2D eigenvalue weighted by Crippen LogP contribution is -2.50. The summed E-state index contributed by atoms with van der Waals surface area (Å²) in [6, 6.07) is 5.46. The predicted octanol–water partition coefficient (Wildman–Crippen LogP) is 1.84. The second-order valence-corrected chi connectivity index (χ2v) is 6.32. The van der Waals surface area contributed by atoms with Crippen molar-refractivity contribution in [3.63, 3.8) is 0 Å². The van der Waals surface area contributed by atoms with Gasteiger partial charge in [-0.3, -0.25) is 9.69 Å². The lowest BCUT2D eigenvalue weighted by molar-refractivity contribution is -0.120. The van der Waals surface area contributed by atoms with Crippen molar-refractivity contribution >= 4 is 43.5 Å². The number of anilines is 1. The van der Waals surface area contributed by atoms with Crippen LogP contribution in [0.25, 0.3) is 0 Å². The van der Waals surface area contributed by atoms with E-state index in [2.05, 4.69) is 37.2 Å². The lowest BCUT2D eigenvalue weighted by atomic mass is 10.2. The number of aliphatic hydroxyl groups excluding tert-OH is 1. The molecule has 0 bridgehead atoms. The molecule has 0 radical (unpaired) electrons. The highest BCUT2D eigenvalue weighted by Crippen LogP contribution is 2.26. The molecule has 1 unspecified atom stereocenters. The molecule has 1 fully saturated rings. The van der Waals surface area contributed by atoms with E-state index in [0.717, 1.165) is 14.6 Å². The highest BCUT2D eigenvalue weighted by molar-refractivity contribution is 9.11. The molecule has 2 rings (SSSR count). The van der Waals surface area contributed by atoms with Crippen molar-refractivity contribution in [2.24, 2.45) is 0 Å². The molecule has 1 heterocycles. The Morgan fingerprint density at radius 1 is 1.50 bits per heavy atom. The molecule has 1 aromatic rings. The number of morpholine rings is 1. The number of benzene rings is 1. The van der Waals surface area contributed by atoms with Gasteiger partial charge in [-0.15, -0.1) is 0 Å². The van der Waals surface area contributed by atoms with Crippen LogP contribution in [0.3, 0.4) is 0 Å². The first kappa shape index (κ1) is 15.9. The Bertz CT molecular complexity index is 485. The molecular weight excluding hydrogens is 392 g/mol. The van der Waals surface area contributed by atoms with E-state index in [1.807, 2.05) is 23.1 Å². The standard InChI is InChI=1S/C13H16Br2N2O3/c14-9-1-2-12(11(15)5-9)16-13(19)6-17-3-4-20-8-10(17)7-18/h1-2,5,10,18H,3-4,6-8H2,(H,16,19). The number of amides is 1. The highest BCUT2D eigenvalue weighted by atomic mass is 79.9. The average Bonchev–Trinajstić information content (AvgIpc) is 2.42. The highest BCUT2D eigenvalue weighted by Gasteiger charge is 2.24. The fourth-order valence-corrected chi connectivity index (χ4v) is 3.18. The molecule has 1 atom stereocenters. The number of ether oxygens (including phenoxy) is 1. The second kappa shape index (κ2) is 7.51. The number of carbonyl (C=O) groups is 1. The summed E-state index contributed by atoms with van der Waals surface area (Å²) in [5, 5.41) is 12.1. The molecule has 1 amide bonds. The first-order valence-electron chi connectivity index (χ1n) is 6.27. The fraction of sp³-hybridized carbons (Fsp3) is 0.462. The zero-order valence-corrected chi connectivity index (χ0v) is 14.0. The van der Waals surface area contributed by atoms with Crippen LogP contribution >= 0.6 is 31.9 Å². The molecule has 0 aliphatic carbocycles. The van der Waals surface area contributed by atoms with Crippen molar-refractivity contribution in [1.82, 2.24) is 4.90 Å². The predicted molar refractivity (Wildman–Crippen MR) is 83.7 cm³/mol. The molecule has 1 aliphatic rings. The van der Waals surface area contributed by atoms with Gasteiger partial charge in [-0.25, -0.2) is 0 Å². The zero-order chi connectivity index (χ0) is 14.5. The van der Waals surface area contributed by atoms with E-state index in [0.29, 0.717) is 19.8 Å². The molecule has 20 heavy (non-hydrogen) atoms. The topological polar surface area (TPSA) is 61.8 Å². The van der Waals surface area contributed by atoms with Gasteiger partial charge in [0.15, 0.2) is 0 Å². The summed E-state index contributed by atoms with van der Waals surface area (Å²) in [5.41, 5.74) is 0.729. The number of halogens is 2. The summed E-state index contributed by atoms with van der Waals surface area (Å²) in [6.45, 7) is 1.95. The molecule has 1 aliphatic heterocycles. The van der Waals surface area contributed by atoms with Gasteiger partial charge >= 0.3 is 0 Å². The van der Waals surface area contributed by atoms with Crippen molar-refractivity contribution in [1.29, 1.82) is 0 Å². The van der Waals surface area contributed by atoms with Crippen LogP contribution in [0.1, 0.15) is 0 Å². The van der Waals surface area contributed by atoms with Crippen LogP contribution in [0.15, 0.2) is 27.1 Å². The molecule has 0 spiro atoms. The first-order valence-corrected chi connectivity index (χ1v) is 7.86. The normalized spacial score (nSPS) is 19.9. The summed E-state index contributed by atoms with van der Waals surface area (Å²) >= 11 is 6.77. The van der Waals surface area contributed by atoms with Crippen LogP contribution < -0.4 is 5.32 Å². The van der Waals surface area contributed by atoms with Crippen molar-refractivity contribution < 1.29 is 14.6 Å². The number of rotatable bonds is 4. The maximum Gasteiger partial charge on any atom is 0.238 e. The van der Waals surface area contributed by atoms with E-state index in [1.165, 1.54) is 0 Å². The van der Waals surface area contributed by atoms with Crippen molar-refractivity contribution in [2.45, 2.75) is 6.04 Å². The monoisotopic (exact) mass is 406 g/mol. The van der Waals surface area contributed by atoms with Crippen LogP contribution in [-0.2, 0) is 9.53 Å². The number of hydrogen-bond donors (Lipinski definition) is 2. The summed E-state index contributed by atoms with van der Waals surface area (Å²) < 4.78 is 7.05. The quantitative estimate of drug-likeness (QED) is 0.799. The first-order chi connectivity index (χ1) is 9.60. The fourth-order valence-electron chi connectivity index (χ4n) is 2.03. The molecule has 1 saturated heterocycles. The van der Waals surface area contributed by atoms with Crippen LogP contribution in [0, 0.1) is 0 Å². The summed E-state index contributed by atoms with van der Waals surface area (Å²) in [4.78, 5) is 14.0. The van der Waals surface area contributed by atoms with Gasteiger partial charge in [0.05, 0.1) is 38.1 Å². The van der Waals surface area contributed by atoms with E-state index in [-0.39, 0.29) is 25.1 Å².